The Morgan fingerprint density at radius 3 is 2.74 bits per heavy atom. The number of carboxylic acid groups (broad SMARTS) is 1. The standard InChI is InChI=1S/C10H16N4O4S/c15-10(16)9-7-14(13-12-9)4-3-11-8-1-5-19(17,18)6-2-8/h7-8,11H,1-6H2,(H,15,16). The fraction of sp³-hybridized carbons (Fsp3) is 0.700. The Balaban J connectivity index is 1.73. The quantitative estimate of drug-likeness (QED) is 0.724. The molecule has 0 bridgehead atoms. The normalized spacial score (nSPS) is 19.4. The van der Waals surface area contributed by atoms with Crippen LogP contribution in [-0.4, -0.2) is 58.6 Å². The summed E-state index contributed by atoms with van der Waals surface area (Å²) in [6.45, 7) is 1.11. The van der Waals surface area contributed by atoms with Crippen LogP contribution >= 0.6 is 0 Å². The molecular weight excluding hydrogens is 272 g/mol. The van der Waals surface area contributed by atoms with E-state index in [0.29, 0.717) is 25.9 Å². The van der Waals surface area contributed by atoms with E-state index in [4.69, 9.17) is 5.11 Å². The van der Waals surface area contributed by atoms with Gasteiger partial charge in [0.2, 0.25) is 0 Å². The molecule has 0 aromatic carbocycles. The number of aromatic nitrogens is 3. The second-order valence-corrected chi connectivity index (χ2v) is 6.86. The molecule has 0 aliphatic carbocycles. The second-order valence-electron chi connectivity index (χ2n) is 4.55. The van der Waals surface area contributed by atoms with Crippen LogP contribution in [0.4, 0.5) is 0 Å². The fourth-order valence-corrected chi connectivity index (χ4v) is 3.47. The Hall–Kier alpha value is -1.48. The molecule has 0 saturated carbocycles. The predicted molar refractivity (Wildman–Crippen MR) is 66.7 cm³/mol. The van der Waals surface area contributed by atoms with Crippen molar-refractivity contribution in [2.45, 2.75) is 25.4 Å². The molecule has 106 valence electrons. The Labute approximate surface area is 110 Å². The average molecular weight is 288 g/mol. The zero-order chi connectivity index (χ0) is 13.9. The van der Waals surface area contributed by atoms with Gasteiger partial charge in [-0.25, -0.2) is 13.2 Å². The van der Waals surface area contributed by atoms with E-state index >= 15 is 0 Å². The molecule has 9 heteroatoms. The van der Waals surface area contributed by atoms with Gasteiger partial charge >= 0.3 is 5.97 Å². The lowest BCUT2D eigenvalue weighted by Gasteiger charge is -2.22. The van der Waals surface area contributed by atoms with Crippen molar-refractivity contribution in [2.75, 3.05) is 18.1 Å². The highest BCUT2D eigenvalue weighted by Gasteiger charge is 2.22. The summed E-state index contributed by atoms with van der Waals surface area (Å²) in [6, 6.07) is 0.200. The zero-order valence-corrected chi connectivity index (χ0v) is 11.1. The Morgan fingerprint density at radius 2 is 2.16 bits per heavy atom. The monoisotopic (exact) mass is 288 g/mol. The van der Waals surface area contributed by atoms with E-state index in [1.54, 1.807) is 0 Å². The predicted octanol–water partition coefficient (Wildman–Crippen LogP) is -0.857. The minimum Gasteiger partial charge on any atom is -0.476 e. The first-order valence-electron chi connectivity index (χ1n) is 6.03. The maximum atomic E-state index is 11.3. The van der Waals surface area contributed by atoms with Gasteiger partial charge < -0.3 is 10.4 Å². The van der Waals surface area contributed by atoms with Crippen LogP contribution in [0.25, 0.3) is 0 Å². The van der Waals surface area contributed by atoms with E-state index in [1.165, 1.54) is 10.9 Å². The first kappa shape index (κ1) is 13.9. The van der Waals surface area contributed by atoms with Crippen molar-refractivity contribution in [2.24, 2.45) is 0 Å². The molecule has 0 spiro atoms. The molecule has 0 radical (unpaired) electrons. The molecule has 2 heterocycles. The van der Waals surface area contributed by atoms with Gasteiger partial charge in [-0.15, -0.1) is 5.10 Å². The number of nitrogens with zero attached hydrogens (tertiary/aromatic N) is 3. The smallest absolute Gasteiger partial charge is 0.358 e. The number of carbonyl (C=O) groups is 1. The number of sulfone groups is 1. The molecule has 0 amide bonds. The first-order chi connectivity index (χ1) is 8.96. The van der Waals surface area contributed by atoms with Crippen LogP contribution in [0.3, 0.4) is 0 Å². The zero-order valence-electron chi connectivity index (χ0n) is 10.3. The Bertz CT molecular complexity index is 540. The molecular formula is C10H16N4O4S. The number of aromatic carboxylic acids is 1. The molecule has 19 heavy (non-hydrogen) atoms. The number of nitrogens with one attached hydrogen (secondary N) is 1. The fourth-order valence-electron chi connectivity index (χ4n) is 1.98. The van der Waals surface area contributed by atoms with Gasteiger partial charge in [-0.2, -0.15) is 0 Å². The molecule has 2 rings (SSSR count). The number of carboxylic acids is 1. The van der Waals surface area contributed by atoms with Gasteiger partial charge in [0, 0.05) is 12.6 Å². The topological polar surface area (TPSA) is 114 Å². The molecule has 1 fully saturated rings. The lowest BCUT2D eigenvalue weighted by molar-refractivity contribution is 0.0690. The van der Waals surface area contributed by atoms with Crippen LogP contribution in [0, 0.1) is 0 Å². The highest BCUT2D eigenvalue weighted by molar-refractivity contribution is 7.91. The maximum Gasteiger partial charge on any atom is 0.358 e. The van der Waals surface area contributed by atoms with Gasteiger partial charge in [-0.3, -0.25) is 4.68 Å². The molecule has 2 N–H and O–H groups in total. The molecule has 8 nitrogen and oxygen atoms in total. The number of hydrogen-bond acceptors (Lipinski definition) is 6. The van der Waals surface area contributed by atoms with Crippen LogP contribution in [-0.2, 0) is 16.4 Å². The van der Waals surface area contributed by atoms with Gasteiger partial charge in [0.25, 0.3) is 0 Å². The summed E-state index contributed by atoms with van der Waals surface area (Å²) in [5.74, 6) is -0.634. The summed E-state index contributed by atoms with van der Waals surface area (Å²) >= 11 is 0. The lowest BCUT2D eigenvalue weighted by Crippen LogP contribution is -2.38. The van der Waals surface area contributed by atoms with Crippen molar-refractivity contribution in [1.82, 2.24) is 20.3 Å². The molecule has 1 aliphatic heterocycles. The minimum absolute atomic E-state index is 0.0799. The largest absolute Gasteiger partial charge is 0.476 e. The van der Waals surface area contributed by atoms with Gasteiger partial charge in [0.1, 0.15) is 9.84 Å². The summed E-state index contributed by atoms with van der Waals surface area (Å²) in [6.07, 6.45) is 2.62. The van der Waals surface area contributed by atoms with Crippen molar-refractivity contribution >= 4 is 15.8 Å². The van der Waals surface area contributed by atoms with Crippen LogP contribution in [0.5, 0.6) is 0 Å². The van der Waals surface area contributed by atoms with E-state index in [2.05, 4.69) is 15.6 Å². The number of rotatable bonds is 5. The second kappa shape index (κ2) is 5.66. The van der Waals surface area contributed by atoms with Crippen LogP contribution in [0.15, 0.2) is 6.20 Å². The van der Waals surface area contributed by atoms with E-state index in [9.17, 15) is 13.2 Å². The van der Waals surface area contributed by atoms with E-state index in [1.807, 2.05) is 0 Å². The van der Waals surface area contributed by atoms with Crippen LogP contribution < -0.4 is 5.32 Å². The highest BCUT2D eigenvalue weighted by atomic mass is 32.2. The minimum atomic E-state index is -2.83. The van der Waals surface area contributed by atoms with Crippen molar-refractivity contribution in [3.05, 3.63) is 11.9 Å². The van der Waals surface area contributed by atoms with Crippen molar-refractivity contribution < 1.29 is 18.3 Å². The summed E-state index contributed by atoms with van der Waals surface area (Å²) in [5.41, 5.74) is -0.0799. The molecule has 1 aliphatic rings. The lowest BCUT2D eigenvalue weighted by atomic mass is 10.1. The average Bonchev–Trinajstić information content (AvgIpc) is 2.80. The molecule has 1 saturated heterocycles. The van der Waals surface area contributed by atoms with E-state index < -0.39 is 15.8 Å². The summed E-state index contributed by atoms with van der Waals surface area (Å²) in [5, 5.41) is 19.1. The van der Waals surface area contributed by atoms with Gasteiger partial charge in [0.05, 0.1) is 24.2 Å². The van der Waals surface area contributed by atoms with E-state index in [-0.39, 0.29) is 23.2 Å². The summed E-state index contributed by atoms with van der Waals surface area (Å²) < 4.78 is 24.0. The molecule has 1 aromatic heterocycles. The van der Waals surface area contributed by atoms with Crippen molar-refractivity contribution in [3.8, 4) is 0 Å². The SMILES string of the molecule is O=C(O)c1cn(CCNC2CCS(=O)(=O)CC2)nn1. The van der Waals surface area contributed by atoms with Crippen molar-refractivity contribution in [1.29, 1.82) is 0 Å². The third kappa shape index (κ3) is 4.00. The summed E-state index contributed by atoms with van der Waals surface area (Å²) in [7, 11) is -2.83. The van der Waals surface area contributed by atoms with Crippen molar-refractivity contribution in [3.63, 3.8) is 0 Å². The highest BCUT2D eigenvalue weighted by Crippen LogP contribution is 2.11. The van der Waals surface area contributed by atoms with Gasteiger partial charge in [-0.1, -0.05) is 5.21 Å². The van der Waals surface area contributed by atoms with Gasteiger partial charge in [0.15, 0.2) is 5.69 Å². The Kier molecular flexibility index (Phi) is 4.15. The van der Waals surface area contributed by atoms with Gasteiger partial charge in [-0.05, 0) is 12.8 Å². The van der Waals surface area contributed by atoms with Crippen LogP contribution in [0.1, 0.15) is 23.3 Å². The third-order valence-corrected chi connectivity index (χ3v) is 4.80. The molecule has 1 aromatic rings. The van der Waals surface area contributed by atoms with Crippen LogP contribution in [0.2, 0.25) is 0 Å². The van der Waals surface area contributed by atoms with E-state index in [0.717, 1.165) is 0 Å². The molecule has 0 unspecified atom stereocenters. The summed E-state index contributed by atoms with van der Waals surface area (Å²) in [4.78, 5) is 10.6. The molecule has 0 atom stereocenters. The number of hydrogen-bond donors (Lipinski definition) is 2. The third-order valence-electron chi connectivity index (χ3n) is 3.09. The first-order valence-corrected chi connectivity index (χ1v) is 7.86. The Morgan fingerprint density at radius 1 is 1.47 bits per heavy atom. The maximum absolute atomic E-state index is 11.3.